The molecule has 6 heteroatoms. The molecule has 1 saturated heterocycles. The number of rotatable bonds is 4. The summed E-state index contributed by atoms with van der Waals surface area (Å²) in [5.41, 5.74) is 0.908. The summed E-state index contributed by atoms with van der Waals surface area (Å²) in [7, 11) is 0. The molecule has 0 aliphatic carbocycles. The maximum absolute atomic E-state index is 11.8. The van der Waals surface area contributed by atoms with Crippen LogP contribution < -0.4 is 10.6 Å². The number of amides is 1. The summed E-state index contributed by atoms with van der Waals surface area (Å²) in [6.07, 6.45) is 1.79. The Labute approximate surface area is 129 Å². The number of benzene rings is 1. The van der Waals surface area contributed by atoms with Gasteiger partial charge in [0.05, 0.1) is 6.54 Å². The van der Waals surface area contributed by atoms with E-state index < -0.39 is 0 Å². The van der Waals surface area contributed by atoms with Crippen molar-refractivity contribution >= 4 is 43.5 Å². The van der Waals surface area contributed by atoms with Crippen LogP contribution >= 0.6 is 31.9 Å². The summed E-state index contributed by atoms with van der Waals surface area (Å²) in [6, 6.07) is 6.05. The zero-order valence-electron chi connectivity index (χ0n) is 10.4. The second-order valence-electron chi connectivity index (χ2n) is 4.43. The van der Waals surface area contributed by atoms with E-state index in [4.69, 9.17) is 4.74 Å². The fraction of sp³-hybridized carbons (Fsp3) is 0.462. The maximum atomic E-state index is 11.8. The fourth-order valence-corrected chi connectivity index (χ4v) is 3.12. The molecule has 1 aromatic rings. The molecule has 0 saturated carbocycles. The molecule has 1 heterocycles. The Morgan fingerprint density at radius 1 is 1.32 bits per heavy atom. The van der Waals surface area contributed by atoms with Crippen LogP contribution in [-0.2, 0) is 9.53 Å². The molecule has 104 valence electrons. The number of hydrogen-bond donors (Lipinski definition) is 2. The van der Waals surface area contributed by atoms with Gasteiger partial charge in [-0.3, -0.25) is 4.79 Å². The predicted molar refractivity (Wildman–Crippen MR) is 82.3 cm³/mol. The first-order valence-corrected chi connectivity index (χ1v) is 7.80. The van der Waals surface area contributed by atoms with Crippen LogP contribution in [0.25, 0.3) is 0 Å². The third-order valence-electron chi connectivity index (χ3n) is 2.96. The number of halogens is 2. The van der Waals surface area contributed by atoms with Gasteiger partial charge >= 0.3 is 0 Å². The average molecular weight is 392 g/mol. The minimum Gasteiger partial charge on any atom is -0.381 e. The average Bonchev–Trinajstić information content (AvgIpc) is 2.39. The molecule has 0 aromatic heterocycles. The Hall–Kier alpha value is -0.590. The predicted octanol–water partition coefficient (Wildman–Crippen LogP) is 2.92. The van der Waals surface area contributed by atoms with Crippen LogP contribution in [0, 0.1) is 0 Å². The summed E-state index contributed by atoms with van der Waals surface area (Å²) in [5, 5.41) is 6.13. The maximum Gasteiger partial charge on any atom is 0.239 e. The van der Waals surface area contributed by atoms with Gasteiger partial charge < -0.3 is 15.4 Å². The van der Waals surface area contributed by atoms with Crippen LogP contribution in [0.2, 0.25) is 0 Å². The molecule has 4 nitrogen and oxygen atoms in total. The molecule has 0 unspecified atom stereocenters. The Bertz CT molecular complexity index is 448. The van der Waals surface area contributed by atoms with E-state index >= 15 is 0 Å². The Kier molecular flexibility index (Phi) is 5.66. The van der Waals surface area contributed by atoms with Gasteiger partial charge in [0.1, 0.15) is 0 Å². The number of hydrogen-bond acceptors (Lipinski definition) is 3. The Morgan fingerprint density at radius 2 is 2.05 bits per heavy atom. The van der Waals surface area contributed by atoms with E-state index in [0.29, 0.717) is 0 Å². The van der Waals surface area contributed by atoms with E-state index in [9.17, 15) is 4.79 Å². The van der Waals surface area contributed by atoms with Gasteiger partial charge in [-0.2, -0.15) is 0 Å². The SMILES string of the molecule is O=C(CNc1ccc(Br)cc1Br)NC1CCOCC1. The van der Waals surface area contributed by atoms with Gasteiger partial charge in [-0.05, 0) is 47.0 Å². The number of ether oxygens (including phenoxy) is 1. The highest BCUT2D eigenvalue weighted by Gasteiger charge is 2.15. The molecule has 0 bridgehead atoms. The van der Waals surface area contributed by atoms with Gasteiger partial charge in [0.2, 0.25) is 5.91 Å². The van der Waals surface area contributed by atoms with E-state index in [-0.39, 0.29) is 18.5 Å². The lowest BCUT2D eigenvalue weighted by Gasteiger charge is -2.23. The summed E-state index contributed by atoms with van der Waals surface area (Å²) >= 11 is 6.85. The largest absolute Gasteiger partial charge is 0.381 e. The van der Waals surface area contributed by atoms with E-state index in [0.717, 1.165) is 40.7 Å². The van der Waals surface area contributed by atoms with Crippen LogP contribution in [0.3, 0.4) is 0 Å². The van der Waals surface area contributed by atoms with Crippen LogP contribution in [0.5, 0.6) is 0 Å². The summed E-state index contributed by atoms with van der Waals surface area (Å²) in [4.78, 5) is 11.8. The molecule has 1 amide bonds. The first kappa shape index (κ1) is 14.8. The topological polar surface area (TPSA) is 50.4 Å². The van der Waals surface area contributed by atoms with Crippen molar-refractivity contribution in [1.29, 1.82) is 0 Å². The van der Waals surface area contributed by atoms with Gasteiger partial charge in [-0.1, -0.05) is 15.9 Å². The molecule has 1 aromatic carbocycles. The summed E-state index contributed by atoms with van der Waals surface area (Å²) < 4.78 is 7.19. The second kappa shape index (κ2) is 7.26. The fourth-order valence-electron chi connectivity index (χ4n) is 1.93. The highest BCUT2D eigenvalue weighted by atomic mass is 79.9. The smallest absolute Gasteiger partial charge is 0.239 e. The number of anilines is 1. The minimum absolute atomic E-state index is 0.0155. The molecule has 2 rings (SSSR count). The second-order valence-corrected chi connectivity index (χ2v) is 6.20. The van der Waals surface area contributed by atoms with Gasteiger partial charge in [-0.25, -0.2) is 0 Å². The zero-order chi connectivity index (χ0) is 13.7. The number of carbonyl (C=O) groups excluding carboxylic acids is 1. The van der Waals surface area contributed by atoms with Crippen LogP contribution in [-0.4, -0.2) is 31.7 Å². The lowest BCUT2D eigenvalue weighted by atomic mass is 10.1. The van der Waals surface area contributed by atoms with Crippen molar-refractivity contribution in [1.82, 2.24) is 5.32 Å². The molecule has 1 aliphatic rings. The van der Waals surface area contributed by atoms with Gasteiger partial charge in [-0.15, -0.1) is 0 Å². The first-order chi connectivity index (χ1) is 9.15. The molecule has 2 N–H and O–H groups in total. The van der Waals surface area contributed by atoms with Crippen molar-refractivity contribution in [3.8, 4) is 0 Å². The zero-order valence-corrected chi connectivity index (χ0v) is 13.6. The molecule has 0 radical (unpaired) electrons. The van der Waals surface area contributed by atoms with E-state index in [2.05, 4.69) is 42.5 Å². The van der Waals surface area contributed by atoms with Crippen molar-refractivity contribution in [2.75, 3.05) is 25.1 Å². The van der Waals surface area contributed by atoms with Crippen LogP contribution in [0.15, 0.2) is 27.1 Å². The molecule has 0 atom stereocenters. The first-order valence-electron chi connectivity index (χ1n) is 6.21. The van der Waals surface area contributed by atoms with E-state index in [1.54, 1.807) is 0 Å². The number of carbonyl (C=O) groups is 1. The van der Waals surface area contributed by atoms with Gasteiger partial charge in [0.15, 0.2) is 0 Å². The van der Waals surface area contributed by atoms with Gasteiger partial charge in [0.25, 0.3) is 0 Å². The molecule has 19 heavy (non-hydrogen) atoms. The van der Waals surface area contributed by atoms with Crippen molar-refractivity contribution in [3.05, 3.63) is 27.1 Å². The standard InChI is InChI=1S/C13H16Br2N2O2/c14-9-1-2-12(11(15)7-9)16-8-13(18)17-10-3-5-19-6-4-10/h1-2,7,10,16H,3-6,8H2,(H,17,18). The Morgan fingerprint density at radius 3 is 2.74 bits per heavy atom. The highest BCUT2D eigenvalue weighted by molar-refractivity contribution is 9.11. The van der Waals surface area contributed by atoms with Gasteiger partial charge in [0, 0.05) is 33.9 Å². The number of nitrogens with one attached hydrogen (secondary N) is 2. The normalized spacial score (nSPS) is 16.1. The van der Waals surface area contributed by atoms with Crippen molar-refractivity contribution in [3.63, 3.8) is 0 Å². The van der Waals surface area contributed by atoms with Crippen LogP contribution in [0.4, 0.5) is 5.69 Å². The van der Waals surface area contributed by atoms with Crippen molar-refractivity contribution < 1.29 is 9.53 Å². The molecular weight excluding hydrogens is 376 g/mol. The minimum atomic E-state index is 0.0155. The van der Waals surface area contributed by atoms with Crippen LogP contribution in [0.1, 0.15) is 12.8 Å². The third-order valence-corrected chi connectivity index (χ3v) is 4.11. The van der Waals surface area contributed by atoms with E-state index in [1.807, 2.05) is 18.2 Å². The Balaban J connectivity index is 1.79. The molecule has 1 fully saturated rings. The molecule has 1 aliphatic heterocycles. The third kappa shape index (κ3) is 4.78. The summed E-state index contributed by atoms with van der Waals surface area (Å²) in [6.45, 7) is 1.74. The molecular formula is C13H16Br2N2O2. The lowest BCUT2D eigenvalue weighted by Crippen LogP contribution is -2.41. The molecule has 0 spiro atoms. The lowest BCUT2D eigenvalue weighted by molar-refractivity contribution is -0.120. The quantitative estimate of drug-likeness (QED) is 0.829. The summed E-state index contributed by atoms with van der Waals surface area (Å²) in [5.74, 6) is 0.0155. The van der Waals surface area contributed by atoms with Crippen molar-refractivity contribution in [2.24, 2.45) is 0 Å². The highest BCUT2D eigenvalue weighted by Crippen LogP contribution is 2.25. The van der Waals surface area contributed by atoms with Crippen molar-refractivity contribution in [2.45, 2.75) is 18.9 Å². The monoisotopic (exact) mass is 390 g/mol. The van der Waals surface area contributed by atoms with E-state index in [1.165, 1.54) is 0 Å².